The summed E-state index contributed by atoms with van der Waals surface area (Å²) in [5.74, 6) is 0.912. The van der Waals surface area contributed by atoms with Crippen molar-refractivity contribution in [2.45, 2.75) is 26.8 Å². The number of H-pyrrole nitrogens is 1. The maximum atomic E-state index is 5.73. The highest BCUT2D eigenvalue weighted by atomic mass is 32.1. The van der Waals surface area contributed by atoms with E-state index >= 15 is 0 Å². The third-order valence-electron chi connectivity index (χ3n) is 2.89. The molecule has 0 saturated carbocycles. The van der Waals surface area contributed by atoms with Gasteiger partial charge in [-0.2, -0.15) is 0 Å². The van der Waals surface area contributed by atoms with Crippen LogP contribution in [0.2, 0.25) is 0 Å². The molecule has 0 fully saturated rings. The molecule has 96 valence electrons. The molecule has 0 aliphatic heterocycles. The zero-order chi connectivity index (χ0) is 13.0. The molecule has 0 bridgehead atoms. The first kappa shape index (κ1) is 12.9. The average molecular weight is 262 g/mol. The van der Waals surface area contributed by atoms with Gasteiger partial charge in [0.2, 0.25) is 0 Å². The van der Waals surface area contributed by atoms with Crippen molar-refractivity contribution in [3.05, 3.63) is 46.5 Å². The first-order valence-electron chi connectivity index (χ1n) is 6.17. The highest BCUT2D eigenvalue weighted by Crippen LogP contribution is 2.12. The number of ether oxygens (including phenoxy) is 1. The van der Waals surface area contributed by atoms with Gasteiger partial charge in [0.25, 0.3) is 0 Å². The summed E-state index contributed by atoms with van der Waals surface area (Å²) >= 11 is 5.24. The number of aromatic nitrogens is 2. The van der Waals surface area contributed by atoms with Gasteiger partial charge in [0, 0.05) is 11.9 Å². The van der Waals surface area contributed by atoms with Crippen molar-refractivity contribution < 1.29 is 4.74 Å². The quantitative estimate of drug-likeness (QED) is 0.836. The summed E-state index contributed by atoms with van der Waals surface area (Å²) in [5, 5.41) is 0. The second-order valence-electron chi connectivity index (χ2n) is 4.26. The van der Waals surface area contributed by atoms with Crippen molar-refractivity contribution in [3.63, 3.8) is 0 Å². The van der Waals surface area contributed by atoms with E-state index in [4.69, 9.17) is 17.0 Å². The van der Waals surface area contributed by atoms with E-state index in [-0.39, 0.29) is 0 Å². The van der Waals surface area contributed by atoms with Crippen LogP contribution in [-0.4, -0.2) is 16.2 Å². The summed E-state index contributed by atoms with van der Waals surface area (Å²) in [6.45, 7) is 5.59. The predicted molar refractivity (Wildman–Crippen MR) is 75.7 cm³/mol. The lowest BCUT2D eigenvalue weighted by Gasteiger charge is -2.09. The Bertz CT molecular complexity index is 571. The lowest BCUT2D eigenvalue weighted by molar-refractivity contribution is 0.296. The standard InChI is InChI=1S/C14H18N2OS/c1-3-12-10-15-14(18)16(12)7-8-17-13-6-4-5-11(2)9-13/h4-6,9-10H,3,7-8H2,1-2H3,(H,15,18). The van der Waals surface area contributed by atoms with Crippen LogP contribution in [-0.2, 0) is 13.0 Å². The molecule has 18 heavy (non-hydrogen) atoms. The Morgan fingerprint density at radius 3 is 2.94 bits per heavy atom. The Kier molecular flexibility index (Phi) is 4.20. The van der Waals surface area contributed by atoms with Gasteiger partial charge in [-0.25, -0.2) is 0 Å². The second kappa shape index (κ2) is 5.87. The third-order valence-corrected chi connectivity index (χ3v) is 3.23. The zero-order valence-corrected chi connectivity index (χ0v) is 11.6. The van der Waals surface area contributed by atoms with Crippen LogP contribution < -0.4 is 4.74 Å². The largest absolute Gasteiger partial charge is 0.492 e. The fourth-order valence-corrected chi connectivity index (χ4v) is 2.20. The first-order chi connectivity index (χ1) is 8.70. The monoisotopic (exact) mass is 262 g/mol. The Balaban J connectivity index is 1.96. The van der Waals surface area contributed by atoms with Gasteiger partial charge in [0.1, 0.15) is 12.4 Å². The minimum absolute atomic E-state index is 0.628. The van der Waals surface area contributed by atoms with Crippen molar-refractivity contribution in [2.24, 2.45) is 0 Å². The number of nitrogens with zero attached hydrogens (tertiary/aromatic N) is 1. The molecule has 0 aliphatic rings. The highest BCUT2D eigenvalue weighted by Gasteiger charge is 2.02. The maximum absolute atomic E-state index is 5.73. The van der Waals surface area contributed by atoms with Crippen LogP contribution in [0.1, 0.15) is 18.2 Å². The van der Waals surface area contributed by atoms with Crippen LogP contribution in [0.3, 0.4) is 0 Å². The molecule has 0 unspecified atom stereocenters. The molecular formula is C14H18N2OS. The van der Waals surface area contributed by atoms with Gasteiger partial charge in [-0.05, 0) is 43.3 Å². The second-order valence-corrected chi connectivity index (χ2v) is 4.64. The summed E-state index contributed by atoms with van der Waals surface area (Å²) in [4.78, 5) is 3.07. The molecule has 0 radical (unpaired) electrons. The Morgan fingerprint density at radius 1 is 1.39 bits per heavy atom. The van der Waals surface area contributed by atoms with E-state index in [2.05, 4.69) is 29.5 Å². The maximum Gasteiger partial charge on any atom is 0.177 e. The molecule has 3 nitrogen and oxygen atoms in total. The molecule has 0 spiro atoms. The van der Waals surface area contributed by atoms with Gasteiger partial charge in [-0.3, -0.25) is 0 Å². The van der Waals surface area contributed by atoms with Gasteiger partial charge in [-0.1, -0.05) is 19.1 Å². The molecule has 0 amide bonds. The predicted octanol–water partition coefficient (Wildman–Crippen LogP) is 3.50. The summed E-state index contributed by atoms with van der Waals surface area (Å²) < 4.78 is 8.59. The summed E-state index contributed by atoms with van der Waals surface area (Å²) in [5.41, 5.74) is 2.42. The van der Waals surface area contributed by atoms with Crippen LogP contribution in [0.5, 0.6) is 5.75 Å². The number of imidazole rings is 1. The molecule has 4 heteroatoms. The number of hydrogen-bond donors (Lipinski definition) is 1. The van der Waals surface area contributed by atoms with E-state index in [9.17, 15) is 0 Å². The minimum atomic E-state index is 0.628. The Morgan fingerprint density at radius 2 is 2.22 bits per heavy atom. The topological polar surface area (TPSA) is 29.9 Å². The Labute approximate surface area is 112 Å². The van der Waals surface area contributed by atoms with E-state index in [1.54, 1.807) is 0 Å². The van der Waals surface area contributed by atoms with Crippen molar-refractivity contribution in [3.8, 4) is 5.75 Å². The van der Waals surface area contributed by atoms with E-state index in [1.807, 2.05) is 24.4 Å². The smallest absolute Gasteiger partial charge is 0.177 e. The molecule has 1 heterocycles. The van der Waals surface area contributed by atoms with Crippen LogP contribution in [0, 0.1) is 11.7 Å². The molecule has 1 aromatic heterocycles. The number of hydrogen-bond acceptors (Lipinski definition) is 2. The van der Waals surface area contributed by atoms with Crippen LogP contribution in [0.4, 0.5) is 0 Å². The summed E-state index contributed by atoms with van der Waals surface area (Å²) in [7, 11) is 0. The molecule has 2 aromatic rings. The number of aryl methyl sites for hydroxylation is 2. The van der Waals surface area contributed by atoms with Crippen molar-refractivity contribution in [2.75, 3.05) is 6.61 Å². The lowest BCUT2D eigenvalue weighted by Crippen LogP contribution is -2.10. The normalized spacial score (nSPS) is 10.6. The zero-order valence-electron chi connectivity index (χ0n) is 10.8. The third kappa shape index (κ3) is 3.01. The van der Waals surface area contributed by atoms with Crippen LogP contribution in [0.25, 0.3) is 0 Å². The van der Waals surface area contributed by atoms with E-state index in [0.717, 1.165) is 23.5 Å². The summed E-state index contributed by atoms with van der Waals surface area (Å²) in [6, 6.07) is 8.08. The van der Waals surface area contributed by atoms with Crippen molar-refractivity contribution in [1.82, 2.24) is 9.55 Å². The molecule has 1 N–H and O–H groups in total. The van der Waals surface area contributed by atoms with Gasteiger partial charge in [0.05, 0.1) is 6.54 Å². The minimum Gasteiger partial charge on any atom is -0.492 e. The van der Waals surface area contributed by atoms with Gasteiger partial charge in [-0.15, -0.1) is 0 Å². The van der Waals surface area contributed by atoms with Crippen LogP contribution >= 0.6 is 12.2 Å². The van der Waals surface area contributed by atoms with Crippen LogP contribution in [0.15, 0.2) is 30.5 Å². The fourth-order valence-electron chi connectivity index (χ4n) is 1.93. The molecule has 2 rings (SSSR count). The van der Waals surface area contributed by atoms with Crippen molar-refractivity contribution in [1.29, 1.82) is 0 Å². The fraction of sp³-hybridized carbons (Fsp3) is 0.357. The van der Waals surface area contributed by atoms with E-state index in [1.165, 1.54) is 11.3 Å². The van der Waals surface area contributed by atoms with E-state index < -0.39 is 0 Å². The van der Waals surface area contributed by atoms with Crippen molar-refractivity contribution >= 4 is 12.2 Å². The molecule has 0 aliphatic carbocycles. The average Bonchev–Trinajstić information content (AvgIpc) is 2.71. The lowest BCUT2D eigenvalue weighted by atomic mass is 10.2. The molecule has 0 atom stereocenters. The molecular weight excluding hydrogens is 244 g/mol. The molecule has 0 saturated heterocycles. The van der Waals surface area contributed by atoms with Gasteiger partial charge >= 0.3 is 0 Å². The molecule has 1 aromatic carbocycles. The van der Waals surface area contributed by atoms with E-state index in [0.29, 0.717) is 6.61 Å². The first-order valence-corrected chi connectivity index (χ1v) is 6.58. The van der Waals surface area contributed by atoms with Gasteiger partial charge < -0.3 is 14.3 Å². The van der Waals surface area contributed by atoms with Gasteiger partial charge in [0.15, 0.2) is 4.77 Å². The number of rotatable bonds is 5. The number of aromatic amines is 1. The summed E-state index contributed by atoms with van der Waals surface area (Å²) in [6.07, 6.45) is 2.94. The Hall–Kier alpha value is -1.55. The SMILES string of the molecule is CCc1c[nH]c(=S)n1CCOc1cccc(C)c1. The highest BCUT2D eigenvalue weighted by molar-refractivity contribution is 7.71. The number of nitrogens with one attached hydrogen (secondary N) is 1. The number of benzene rings is 1.